The van der Waals surface area contributed by atoms with E-state index in [9.17, 15) is 13.2 Å². The second-order valence-electron chi connectivity index (χ2n) is 4.95. The molecule has 0 aliphatic carbocycles. The summed E-state index contributed by atoms with van der Waals surface area (Å²) in [5.74, 6) is -0.404. The Bertz CT molecular complexity index is 350. The molecule has 1 N–H and O–H groups in total. The standard InChI is InChI=1S/C11H23NO5S/c1-4-11(13)17-9-8-12(2,3)7-5-6-10-18(14,15)16/h4-10H2,1-3H3/p+1. The highest BCUT2D eigenvalue weighted by Crippen LogP contribution is 2.03. The minimum atomic E-state index is -3.85. The first kappa shape index (κ1) is 17.3. The molecule has 0 bridgehead atoms. The molecule has 0 atom stereocenters. The zero-order valence-electron chi connectivity index (χ0n) is 11.4. The molecule has 0 heterocycles. The smallest absolute Gasteiger partial charge is 0.305 e. The fourth-order valence-corrected chi connectivity index (χ4v) is 2.01. The van der Waals surface area contributed by atoms with Gasteiger partial charge in [-0.15, -0.1) is 0 Å². The maximum atomic E-state index is 10.9. The summed E-state index contributed by atoms with van der Waals surface area (Å²) in [5.41, 5.74) is 0. The van der Waals surface area contributed by atoms with Gasteiger partial charge in [0, 0.05) is 6.42 Å². The third-order valence-corrected chi connectivity index (χ3v) is 3.47. The summed E-state index contributed by atoms with van der Waals surface area (Å²) in [4.78, 5) is 10.9. The van der Waals surface area contributed by atoms with E-state index in [-0.39, 0.29) is 11.7 Å². The normalized spacial score (nSPS) is 12.4. The zero-order valence-corrected chi connectivity index (χ0v) is 12.2. The van der Waals surface area contributed by atoms with E-state index in [2.05, 4.69) is 0 Å². The highest BCUT2D eigenvalue weighted by molar-refractivity contribution is 7.85. The van der Waals surface area contributed by atoms with Crippen LogP contribution in [0, 0.1) is 0 Å². The van der Waals surface area contributed by atoms with Crippen molar-refractivity contribution >= 4 is 16.1 Å². The van der Waals surface area contributed by atoms with Crippen molar-refractivity contribution in [1.29, 1.82) is 0 Å². The monoisotopic (exact) mass is 282 g/mol. The number of carbonyl (C=O) groups is 1. The van der Waals surface area contributed by atoms with E-state index in [1.54, 1.807) is 6.92 Å². The van der Waals surface area contributed by atoms with Crippen molar-refractivity contribution in [3.63, 3.8) is 0 Å². The maximum Gasteiger partial charge on any atom is 0.305 e. The van der Waals surface area contributed by atoms with E-state index in [1.165, 1.54) is 0 Å². The number of ether oxygens (including phenoxy) is 1. The molecule has 6 nitrogen and oxygen atoms in total. The second kappa shape index (κ2) is 7.70. The molecular weight excluding hydrogens is 258 g/mol. The third-order valence-electron chi connectivity index (χ3n) is 2.66. The van der Waals surface area contributed by atoms with Gasteiger partial charge in [0.05, 0.1) is 26.4 Å². The van der Waals surface area contributed by atoms with E-state index < -0.39 is 10.1 Å². The molecule has 0 unspecified atom stereocenters. The summed E-state index contributed by atoms with van der Waals surface area (Å²) < 4.78 is 35.3. The summed E-state index contributed by atoms with van der Waals surface area (Å²) in [5, 5.41) is 0. The fourth-order valence-electron chi connectivity index (χ4n) is 1.44. The van der Waals surface area contributed by atoms with Crippen LogP contribution in [-0.2, 0) is 19.6 Å². The molecule has 108 valence electrons. The second-order valence-corrected chi connectivity index (χ2v) is 6.52. The molecule has 7 heteroatoms. The molecule has 0 radical (unpaired) electrons. The van der Waals surface area contributed by atoms with E-state index in [0.29, 0.717) is 36.9 Å². The average molecular weight is 282 g/mol. The molecule has 0 aliphatic rings. The maximum absolute atomic E-state index is 10.9. The van der Waals surface area contributed by atoms with Crippen LogP contribution in [0.25, 0.3) is 0 Å². The van der Waals surface area contributed by atoms with Gasteiger partial charge in [-0.2, -0.15) is 8.42 Å². The predicted molar refractivity (Wildman–Crippen MR) is 68.7 cm³/mol. The molecule has 0 aliphatic heterocycles. The van der Waals surface area contributed by atoms with Crippen LogP contribution in [0.4, 0.5) is 0 Å². The van der Waals surface area contributed by atoms with E-state index in [4.69, 9.17) is 9.29 Å². The molecule has 18 heavy (non-hydrogen) atoms. The van der Waals surface area contributed by atoms with Crippen molar-refractivity contribution in [2.24, 2.45) is 0 Å². The Hall–Kier alpha value is -0.660. The van der Waals surface area contributed by atoms with Gasteiger partial charge < -0.3 is 9.22 Å². The van der Waals surface area contributed by atoms with Gasteiger partial charge in [-0.3, -0.25) is 9.35 Å². The number of hydrogen-bond donors (Lipinski definition) is 1. The van der Waals surface area contributed by atoms with E-state index in [0.717, 1.165) is 6.54 Å². The van der Waals surface area contributed by atoms with Crippen molar-refractivity contribution in [3.05, 3.63) is 0 Å². The molecule has 0 spiro atoms. The quantitative estimate of drug-likeness (QED) is 0.291. The highest BCUT2D eigenvalue weighted by atomic mass is 32.2. The molecule has 0 aromatic rings. The summed E-state index contributed by atoms with van der Waals surface area (Å²) in [6.07, 6.45) is 1.52. The predicted octanol–water partition coefficient (Wildman–Crippen LogP) is 0.684. The molecule has 0 fully saturated rings. The van der Waals surface area contributed by atoms with Crippen LogP contribution in [0.3, 0.4) is 0 Å². The molecular formula is C11H24NO5S+. The lowest BCUT2D eigenvalue weighted by molar-refractivity contribution is -0.890. The van der Waals surface area contributed by atoms with Crippen molar-refractivity contribution in [2.45, 2.75) is 26.2 Å². The Morgan fingerprint density at radius 1 is 1.22 bits per heavy atom. The Balaban J connectivity index is 3.76. The Labute approximate surface area is 109 Å². The van der Waals surface area contributed by atoms with Gasteiger partial charge in [0.15, 0.2) is 0 Å². The number of hydrogen-bond acceptors (Lipinski definition) is 4. The van der Waals surface area contributed by atoms with Crippen LogP contribution < -0.4 is 0 Å². The van der Waals surface area contributed by atoms with Gasteiger partial charge in [-0.05, 0) is 12.8 Å². The van der Waals surface area contributed by atoms with Gasteiger partial charge in [0.2, 0.25) is 0 Å². The molecule has 0 saturated carbocycles. The fraction of sp³-hybridized carbons (Fsp3) is 0.909. The van der Waals surface area contributed by atoms with Crippen molar-refractivity contribution in [3.8, 4) is 0 Å². The number of quaternary nitrogens is 1. The number of likely N-dealkylation sites (N-methyl/N-ethyl adjacent to an activating group) is 1. The van der Waals surface area contributed by atoms with Gasteiger partial charge >= 0.3 is 5.97 Å². The number of rotatable bonds is 9. The molecule has 0 aromatic carbocycles. The lowest BCUT2D eigenvalue weighted by Crippen LogP contribution is -2.43. The molecule has 0 aromatic heterocycles. The van der Waals surface area contributed by atoms with Crippen LogP contribution in [-0.4, -0.2) is 63.0 Å². The first-order valence-corrected chi connectivity index (χ1v) is 7.70. The van der Waals surface area contributed by atoms with Crippen LogP contribution in [0.5, 0.6) is 0 Å². The van der Waals surface area contributed by atoms with Gasteiger partial charge in [-0.25, -0.2) is 0 Å². The Kier molecular flexibility index (Phi) is 7.42. The van der Waals surface area contributed by atoms with E-state index in [1.807, 2.05) is 14.1 Å². The van der Waals surface area contributed by atoms with Gasteiger partial charge in [0.1, 0.15) is 13.2 Å². The average Bonchev–Trinajstić information content (AvgIpc) is 2.23. The Morgan fingerprint density at radius 2 is 1.83 bits per heavy atom. The summed E-state index contributed by atoms with van der Waals surface area (Å²) in [7, 11) is 0.137. The first-order valence-electron chi connectivity index (χ1n) is 6.09. The number of esters is 1. The first-order chi connectivity index (χ1) is 8.16. The van der Waals surface area contributed by atoms with Gasteiger partial charge in [0.25, 0.3) is 10.1 Å². The minimum Gasteiger partial charge on any atom is -0.460 e. The summed E-state index contributed by atoms with van der Waals surface area (Å²) in [6, 6.07) is 0. The molecule has 0 amide bonds. The molecule has 0 rings (SSSR count). The number of nitrogens with zero attached hydrogens (tertiary/aromatic N) is 1. The van der Waals surface area contributed by atoms with Crippen molar-refractivity contribution in [2.75, 3.05) is 39.5 Å². The summed E-state index contributed by atoms with van der Waals surface area (Å²) in [6.45, 7) is 3.59. The number of carbonyl (C=O) groups excluding carboxylic acids is 1. The minimum absolute atomic E-state index is 0.197. The van der Waals surface area contributed by atoms with Crippen LogP contribution in [0.2, 0.25) is 0 Å². The van der Waals surface area contributed by atoms with Crippen molar-refractivity contribution < 1.29 is 27.0 Å². The SMILES string of the molecule is CCC(=O)OCC[N+](C)(C)CCCCS(=O)(=O)O. The van der Waals surface area contributed by atoms with Crippen molar-refractivity contribution in [1.82, 2.24) is 0 Å². The van der Waals surface area contributed by atoms with Crippen LogP contribution >= 0.6 is 0 Å². The van der Waals surface area contributed by atoms with Crippen LogP contribution in [0.1, 0.15) is 26.2 Å². The largest absolute Gasteiger partial charge is 0.460 e. The third kappa shape index (κ3) is 10.5. The van der Waals surface area contributed by atoms with Gasteiger partial charge in [-0.1, -0.05) is 6.92 Å². The lowest BCUT2D eigenvalue weighted by atomic mass is 10.3. The van der Waals surface area contributed by atoms with Crippen LogP contribution in [0.15, 0.2) is 0 Å². The topological polar surface area (TPSA) is 80.7 Å². The van der Waals surface area contributed by atoms with E-state index >= 15 is 0 Å². The zero-order chi connectivity index (χ0) is 14.2. The number of unbranched alkanes of at least 4 members (excludes halogenated alkanes) is 1. The summed E-state index contributed by atoms with van der Waals surface area (Å²) >= 11 is 0. The Morgan fingerprint density at radius 3 is 2.33 bits per heavy atom. The highest BCUT2D eigenvalue weighted by Gasteiger charge is 2.16. The molecule has 0 saturated heterocycles. The lowest BCUT2D eigenvalue weighted by Gasteiger charge is -2.29.